The van der Waals surface area contributed by atoms with Crippen molar-refractivity contribution in [2.45, 2.75) is 62.6 Å². The van der Waals surface area contributed by atoms with Crippen molar-refractivity contribution in [3.63, 3.8) is 0 Å². The highest BCUT2D eigenvalue weighted by molar-refractivity contribution is 7.09. The number of fused-ring (bicyclic) bond motifs is 1. The summed E-state index contributed by atoms with van der Waals surface area (Å²) in [5, 5.41) is 20.2. The van der Waals surface area contributed by atoms with Gasteiger partial charge in [-0.15, -0.1) is 11.3 Å². The average Bonchev–Trinajstić information content (AvgIpc) is 3.54. The predicted molar refractivity (Wildman–Crippen MR) is 134 cm³/mol. The van der Waals surface area contributed by atoms with Gasteiger partial charge in [-0.3, -0.25) is 0 Å². The highest BCUT2D eigenvalue weighted by atomic mass is 32.1. The Morgan fingerprint density at radius 3 is 2.05 bits per heavy atom. The Morgan fingerprint density at radius 2 is 1.55 bits per heavy atom. The number of carboxylic acids is 2. The van der Waals surface area contributed by atoms with Gasteiger partial charge in [0.25, 0.3) is 0 Å². The highest BCUT2D eigenvalue weighted by Gasteiger charge is 2.43. The molecule has 3 heterocycles. The summed E-state index contributed by atoms with van der Waals surface area (Å²) in [5.74, 6) is -3.43. The van der Waals surface area contributed by atoms with E-state index < -0.39 is 24.3 Å². The van der Waals surface area contributed by atoms with Crippen LogP contribution in [0.4, 0.5) is 26.3 Å². The molecule has 2 fully saturated rings. The molecule has 0 bridgehead atoms. The van der Waals surface area contributed by atoms with Crippen LogP contribution < -0.4 is 10.1 Å². The Bertz CT molecular complexity index is 1090. The van der Waals surface area contributed by atoms with Gasteiger partial charge in [0, 0.05) is 49.1 Å². The first-order valence-corrected chi connectivity index (χ1v) is 13.4. The number of piperidine rings is 1. The molecule has 1 aromatic carbocycles. The first kappa shape index (κ1) is 31.7. The van der Waals surface area contributed by atoms with Gasteiger partial charge in [0.2, 0.25) is 0 Å². The number of alkyl halides is 6. The van der Waals surface area contributed by atoms with Crippen molar-refractivity contribution in [1.82, 2.24) is 10.2 Å². The number of nitrogens with zero attached hydrogens (tertiary/aromatic N) is 1. The van der Waals surface area contributed by atoms with Gasteiger partial charge in [-0.1, -0.05) is 24.3 Å². The zero-order valence-corrected chi connectivity index (χ0v) is 22.1. The number of ether oxygens (including phenoxy) is 1. The van der Waals surface area contributed by atoms with E-state index >= 15 is 0 Å². The van der Waals surface area contributed by atoms with Gasteiger partial charge in [-0.05, 0) is 49.1 Å². The SMILES string of the molecule is O=C(O)C(F)(F)F.O=C(O)C(F)(F)F.c1csc(CNC2CC3(CCN(CC4CC4)CC3)Oc3ccccc32)c1. The van der Waals surface area contributed by atoms with Crippen molar-refractivity contribution in [3.05, 3.63) is 52.2 Å². The highest BCUT2D eigenvalue weighted by Crippen LogP contribution is 2.44. The van der Waals surface area contributed by atoms with Crippen molar-refractivity contribution in [2.75, 3.05) is 19.6 Å². The molecule has 7 nitrogen and oxygen atoms in total. The minimum atomic E-state index is -5.08. The molecule has 1 aromatic heterocycles. The Kier molecular flexibility index (Phi) is 10.5. The fourth-order valence-electron chi connectivity index (χ4n) is 4.55. The van der Waals surface area contributed by atoms with Crippen LogP contribution in [0.3, 0.4) is 0 Å². The largest absolute Gasteiger partial charge is 0.490 e. The van der Waals surface area contributed by atoms with E-state index in [0.717, 1.165) is 37.5 Å². The fraction of sp³-hybridized carbons (Fsp3) is 0.538. The van der Waals surface area contributed by atoms with E-state index in [2.05, 4.69) is 52.0 Å². The third-order valence-corrected chi connectivity index (χ3v) is 7.64. The first-order valence-electron chi connectivity index (χ1n) is 12.5. The standard InChI is InChI=1S/C22H28N2OS.2C2HF3O2/c1-2-6-21-19(5-1)20(23-15-18-4-3-13-26-18)14-22(25-21)9-11-24(12-10-22)16-17-7-8-17;2*3-2(4,5)1(6)7/h1-6,13,17,20,23H,7-12,14-16H2;2*(H,6,7). The summed E-state index contributed by atoms with van der Waals surface area (Å²) < 4.78 is 70.1. The summed E-state index contributed by atoms with van der Waals surface area (Å²) in [6, 6.07) is 13.4. The van der Waals surface area contributed by atoms with E-state index in [-0.39, 0.29) is 5.60 Å². The van der Waals surface area contributed by atoms with E-state index in [1.807, 2.05) is 11.3 Å². The lowest BCUT2D eigenvalue weighted by Crippen LogP contribution is -2.52. The van der Waals surface area contributed by atoms with Crippen molar-refractivity contribution in [2.24, 2.45) is 5.92 Å². The molecular formula is C26H30F6N2O5S. The molecule has 0 amide bonds. The second-order valence-corrected chi connectivity index (χ2v) is 10.9. The van der Waals surface area contributed by atoms with Crippen LogP contribution in [0.25, 0.3) is 0 Å². The maximum Gasteiger partial charge on any atom is 0.490 e. The number of hydrogen-bond donors (Lipinski definition) is 3. The molecule has 14 heteroatoms. The molecule has 1 atom stereocenters. The van der Waals surface area contributed by atoms with Crippen LogP contribution in [-0.4, -0.2) is 64.6 Å². The third kappa shape index (κ3) is 9.66. The van der Waals surface area contributed by atoms with Crippen LogP contribution in [0.15, 0.2) is 41.8 Å². The number of hydrogen-bond acceptors (Lipinski definition) is 6. The molecule has 0 radical (unpaired) electrons. The van der Waals surface area contributed by atoms with Crippen LogP contribution in [0.1, 0.15) is 48.6 Å². The summed E-state index contributed by atoms with van der Waals surface area (Å²) in [4.78, 5) is 21.9. The van der Waals surface area contributed by atoms with Crippen molar-refractivity contribution >= 4 is 23.3 Å². The van der Waals surface area contributed by atoms with Gasteiger partial charge in [0.05, 0.1) is 0 Å². The second-order valence-electron chi connectivity index (χ2n) is 9.89. The number of rotatable bonds is 5. The van der Waals surface area contributed by atoms with E-state index in [4.69, 9.17) is 24.5 Å². The Balaban J connectivity index is 0.000000263. The van der Waals surface area contributed by atoms with Crippen molar-refractivity contribution in [1.29, 1.82) is 0 Å². The monoisotopic (exact) mass is 596 g/mol. The van der Waals surface area contributed by atoms with Gasteiger partial charge in [-0.25, -0.2) is 9.59 Å². The van der Waals surface area contributed by atoms with E-state index in [9.17, 15) is 26.3 Å². The van der Waals surface area contributed by atoms with Crippen molar-refractivity contribution < 1.29 is 50.9 Å². The van der Waals surface area contributed by atoms with Crippen LogP contribution >= 0.6 is 11.3 Å². The molecular weight excluding hydrogens is 566 g/mol. The molecule has 2 aromatic rings. The maximum absolute atomic E-state index is 10.6. The number of aliphatic carboxylic acids is 2. The Morgan fingerprint density at radius 1 is 0.975 bits per heavy atom. The molecule has 1 aliphatic carbocycles. The summed E-state index contributed by atoms with van der Waals surface area (Å²) in [7, 11) is 0. The first-order chi connectivity index (χ1) is 18.7. The van der Waals surface area contributed by atoms with Crippen LogP contribution in [-0.2, 0) is 16.1 Å². The molecule has 1 spiro atoms. The number of thiophene rings is 1. The summed E-state index contributed by atoms with van der Waals surface area (Å²) in [5.41, 5.74) is 1.34. The molecule has 3 N–H and O–H groups in total. The lowest BCUT2D eigenvalue weighted by molar-refractivity contribution is -0.193. The number of likely N-dealkylation sites (tertiary alicyclic amines) is 1. The summed E-state index contributed by atoms with van der Waals surface area (Å²) >= 11 is 1.83. The molecule has 222 valence electrons. The summed E-state index contributed by atoms with van der Waals surface area (Å²) in [6.45, 7) is 4.64. The molecule has 3 aliphatic rings. The molecule has 2 aliphatic heterocycles. The van der Waals surface area contributed by atoms with E-state index in [1.165, 1.54) is 42.9 Å². The lowest BCUT2D eigenvalue weighted by atomic mass is 9.80. The number of nitrogens with one attached hydrogen (secondary N) is 1. The predicted octanol–water partition coefficient (Wildman–Crippen LogP) is 5.87. The maximum atomic E-state index is 10.6. The minimum absolute atomic E-state index is 0.0154. The zero-order chi connectivity index (χ0) is 29.6. The number of carbonyl (C=O) groups is 2. The normalized spacial score (nSPS) is 20.2. The third-order valence-electron chi connectivity index (χ3n) is 6.77. The average molecular weight is 597 g/mol. The van der Waals surface area contributed by atoms with Gasteiger partial charge in [0.1, 0.15) is 11.4 Å². The molecule has 1 saturated heterocycles. The topological polar surface area (TPSA) is 99.1 Å². The van der Waals surface area contributed by atoms with Crippen LogP contribution in [0, 0.1) is 5.92 Å². The van der Waals surface area contributed by atoms with Gasteiger partial charge >= 0.3 is 24.3 Å². The zero-order valence-electron chi connectivity index (χ0n) is 21.3. The lowest BCUT2D eigenvalue weighted by Gasteiger charge is -2.47. The number of benzene rings is 1. The summed E-state index contributed by atoms with van der Waals surface area (Å²) in [6.07, 6.45) is -3.87. The number of halogens is 6. The van der Waals surface area contributed by atoms with E-state index in [1.54, 1.807) is 0 Å². The molecule has 40 heavy (non-hydrogen) atoms. The van der Waals surface area contributed by atoms with Gasteiger partial charge in [-0.2, -0.15) is 26.3 Å². The Hall–Kier alpha value is -2.84. The van der Waals surface area contributed by atoms with Crippen LogP contribution in [0.5, 0.6) is 5.75 Å². The number of para-hydroxylation sites is 1. The van der Waals surface area contributed by atoms with Crippen LogP contribution in [0.2, 0.25) is 0 Å². The minimum Gasteiger partial charge on any atom is -0.487 e. The van der Waals surface area contributed by atoms with Crippen molar-refractivity contribution in [3.8, 4) is 5.75 Å². The van der Waals surface area contributed by atoms with Gasteiger partial charge in [0.15, 0.2) is 0 Å². The smallest absolute Gasteiger partial charge is 0.487 e. The Labute approximate surface area is 230 Å². The fourth-order valence-corrected chi connectivity index (χ4v) is 5.21. The quantitative estimate of drug-likeness (QED) is 0.371. The molecule has 5 rings (SSSR count). The number of carboxylic acid groups (broad SMARTS) is 2. The van der Waals surface area contributed by atoms with Gasteiger partial charge < -0.3 is 25.2 Å². The van der Waals surface area contributed by atoms with E-state index in [0.29, 0.717) is 6.04 Å². The molecule has 1 saturated carbocycles. The second kappa shape index (κ2) is 13.2. The molecule has 1 unspecified atom stereocenters.